The lowest BCUT2D eigenvalue weighted by Gasteiger charge is -2.26. The van der Waals surface area contributed by atoms with Crippen molar-refractivity contribution in [1.29, 1.82) is 0 Å². The first-order valence-corrected chi connectivity index (χ1v) is 46.3. The second-order valence-electron chi connectivity index (χ2n) is 36.7. The van der Waals surface area contributed by atoms with E-state index in [2.05, 4.69) is 176 Å². The number of morpholine rings is 1. The third kappa shape index (κ3) is 25.6. The maximum atomic E-state index is 13.2. The van der Waals surface area contributed by atoms with E-state index in [1.807, 2.05) is 260 Å². The molecule has 11 heterocycles. The fourth-order valence-electron chi connectivity index (χ4n) is 17.6. The minimum Gasteiger partial charge on any atom is -0.379 e. The molecule has 3 saturated heterocycles. The Bertz CT molecular complexity index is 6610. The Morgan fingerprint density at radius 1 is 0.279 bits per heavy atom. The summed E-state index contributed by atoms with van der Waals surface area (Å²) in [6, 6.07) is 64.5. The second kappa shape index (κ2) is 45.2. The first-order valence-electron chi connectivity index (χ1n) is 46.3. The van der Waals surface area contributed by atoms with Crippen LogP contribution < -0.4 is 21.3 Å². The summed E-state index contributed by atoms with van der Waals surface area (Å²) in [7, 11) is 20.3. The number of hydrogen-bond acceptors (Lipinski definition) is 21. The fourth-order valence-corrected chi connectivity index (χ4v) is 17.6. The van der Waals surface area contributed by atoms with E-state index in [1.54, 1.807) is 0 Å². The van der Waals surface area contributed by atoms with Crippen molar-refractivity contribution in [3.05, 3.63) is 311 Å². The summed E-state index contributed by atoms with van der Waals surface area (Å²) in [5.74, 6) is -0.921. The van der Waals surface area contributed by atoms with Gasteiger partial charge in [0.2, 0.25) is 0 Å². The first-order chi connectivity index (χ1) is 66.0. The molecule has 8 aromatic carbocycles. The van der Waals surface area contributed by atoms with Gasteiger partial charge in [0.25, 0.3) is 23.6 Å². The van der Waals surface area contributed by atoms with Gasteiger partial charge in [0.05, 0.1) is 35.3 Å². The molecule has 0 aliphatic carbocycles. The fraction of sp³-hybridized carbons (Fsp3) is 0.290. The largest absolute Gasteiger partial charge is 0.379 e. The van der Waals surface area contributed by atoms with E-state index in [0.29, 0.717) is 22.8 Å². The number of rotatable bonds is 28. The van der Waals surface area contributed by atoms with Crippen LogP contribution in [0.1, 0.15) is 119 Å². The zero-order valence-corrected chi connectivity index (χ0v) is 79.1. The lowest BCUT2D eigenvalue weighted by atomic mass is 10.0. The Kier molecular flexibility index (Phi) is 31.5. The molecule has 0 spiro atoms. The van der Waals surface area contributed by atoms with Gasteiger partial charge < -0.3 is 50.5 Å². The summed E-state index contributed by atoms with van der Waals surface area (Å²) in [6.45, 7) is 14.7. The number of carbonyl (C=O) groups excluding carboxylic acids is 4. The lowest BCUT2D eigenvalue weighted by Crippen LogP contribution is -2.35. The van der Waals surface area contributed by atoms with Gasteiger partial charge in [0.15, 0.2) is 22.8 Å². The van der Waals surface area contributed by atoms with Crippen LogP contribution in [0.2, 0.25) is 0 Å². The molecule has 0 radical (unpaired) electrons. The maximum absolute atomic E-state index is 13.2. The van der Waals surface area contributed by atoms with Crippen LogP contribution in [0.4, 0.5) is 22.7 Å². The average molecular weight is 1820 g/mol. The molecule has 3 aliphatic rings. The van der Waals surface area contributed by atoms with Crippen LogP contribution in [-0.2, 0) is 57.1 Å². The number of carbonyl (C=O) groups is 4. The standard InChI is InChI=1S/C28H32N6O.C27H30N6O2.C27H30N6O.C25H28N6O/c1-33(2)18-21-13-23(17-29-16-21)22-9-10-26-25(15-22)27(32-31-26)28(35)30-24-8-6-7-20(14-24)19-34-11-4-3-5-12-34;1-32(2)17-20-12-22(16-28-15-20)21-6-7-25-24(14-21)26(31-30-25)27(34)29-23-5-3-4-19(13-23)18-33-8-10-35-11-9-33;1-32(2)17-20-12-22(16-28-15-20)21-8-9-25-24(14-21)26(31-30-25)27(34)29-23-7-5-6-19(13-23)18-33-10-3-4-11-33;1-30(2)15-17-6-5-7-21(11-17)27-25(32)24-22-12-19(8-9-23(22)28-29-24)20-10-18(13-26-14-20)16-31(3)4/h6-10,13-17H,3-5,11-12,18-19H2,1-2H3,(H,30,35)(H,31,32);3-7,12-16H,8-11,17-18H2,1-2H3,(H,29,34)(H,30,31);5-9,12-16H,3-4,10-11,17-18H2,1-2H3,(H,29,34)(H,30,31);5-14H,15-16H2,1-4H3,(H,27,32)(H,28,29). The Morgan fingerprint density at radius 2 is 0.529 bits per heavy atom. The highest BCUT2D eigenvalue weighted by Crippen LogP contribution is 2.34. The van der Waals surface area contributed by atoms with Crippen LogP contribution in [0.5, 0.6) is 0 Å². The molecule has 3 aliphatic heterocycles. The third-order valence-electron chi connectivity index (χ3n) is 23.8. The summed E-state index contributed by atoms with van der Waals surface area (Å²) in [4.78, 5) is 88.0. The molecule has 0 saturated carbocycles. The summed E-state index contributed by atoms with van der Waals surface area (Å²) in [6.07, 6.45) is 21.3. The normalized spacial score (nSPS) is 13.7. The number of hydrogen-bond donors (Lipinski definition) is 8. The molecule has 698 valence electrons. The van der Waals surface area contributed by atoms with E-state index < -0.39 is 0 Å². The van der Waals surface area contributed by atoms with Crippen molar-refractivity contribution in [3.63, 3.8) is 0 Å². The Hall–Kier alpha value is -14.2. The zero-order valence-electron chi connectivity index (χ0n) is 79.1. The first kappa shape index (κ1) is 94.9. The summed E-state index contributed by atoms with van der Waals surface area (Å²) < 4.78 is 5.43. The molecule has 4 amide bonds. The number of aromatic nitrogens is 12. The number of pyridine rings is 4. The highest BCUT2D eigenvalue weighted by Gasteiger charge is 2.24. The quantitative estimate of drug-likeness (QED) is 0.0226. The molecule has 136 heavy (non-hydrogen) atoms. The number of anilines is 4. The van der Waals surface area contributed by atoms with Gasteiger partial charge >= 0.3 is 0 Å². The second-order valence-corrected chi connectivity index (χ2v) is 36.7. The van der Waals surface area contributed by atoms with E-state index in [9.17, 15) is 19.2 Å². The van der Waals surface area contributed by atoms with Gasteiger partial charge in [-0.1, -0.05) is 79.2 Å². The van der Waals surface area contributed by atoms with E-state index in [1.165, 1.54) is 43.2 Å². The minimum absolute atomic E-state index is 0.219. The predicted octanol–water partition coefficient (Wildman–Crippen LogP) is 17.2. The molecule has 19 rings (SSSR count). The molecule has 8 aromatic heterocycles. The smallest absolute Gasteiger partial charge is 0.276 e. The number of piperidine rings is 1. The summed E-state index contributed by atoms with van der Waals surface area (Å²) >= 11 is 0. The number of aromatic amines is 4. The number of H-pyrrole nitrogens is 4. The van der Waals surface area contributed by atoms with Crippen LogP contribution in [-0.4, -0.2) is 247 Å². The van der Waals surface area contributed by atoms with Gasteiger partial charge in [-0.15, -0.1) is 0 Å². The molecule has 0 bridgehead atoms. The Labute approximate surface area is 793 Å². The van der Waals surface area contributed by atoms with Crippen LogP contribution in [0.25, 0.3) is 88.1 Å². The van der Waals surface area contributed by atoms with E-state index in [4.69, 9.17) is 4.74 Å². The van der Waals surface area contributed by atoms with Gasteiger partial charge in [-0.05, 0) is 310 Å². The van der Waals surface area contributed by atoms with Gasteiger partial charge in [-0.2, -0.15) is 20.4 Å². The lowest BCUT2D eigenvalue weighted by molar-refractivity contribution is 0.0342. The van der Waals surface area contributed by atoms with Crippen LogP contribution in [0.15, 0.2) is 244 Å². The summed E-state index contributed by atoms with van der Waals surface area (Å²) in [5, 5.41) is 44.4. The van der Waals surface area contributed by atoms with Crippen molar-refractivity contribution in [2.45, 2.75) is 84.5 Å². The number of fused-ring (bicyclic) bond motifs is 4. The molecule has 29 heteroatoms. The van der Waals surface area contributed by atoms with Crippen molar-refractivity contribution in [2.75, 3.05) is 144 Å². The molecular formula is C107H120N24O5. The molecular weight excluding hydrogens is 1700 g/mol. The molecule has 0 unspecified atom stereocenters. The van der Waals surface area contributed by atoms with Crippen molar-refractivity contribution >= 4 is 90.0 Å². The molecule has 8 N–H and O–H groups in total. The molecule has 3 fully saturated rings. The van der Waals surface area contributed by atoms with Crippen molar-refractivity contribution in [1.82, 2.24) is 99.9 Å². The maximum Gasteiger partial charge on any atom is 0.276 e. The molecule has 16 aromatic rings. The highest BCUT2D eigenvalue weighted by atomic mass is 16.5. The van der Waals surface area contributed by atoms with Crippen molar-refractivity contribution in [3.8, 4) is 44.5 Å². The average Bonchev–Trinajstić information content (AvgIpc) is 1.63. The van der Waals surface area contributed by atoms with E-state index in [0.717, 1.165) is 249 Å². The third-order valence-corrected chi connectivity index (χ3v) is 23.8. The monoisotopic (exact) mass is 1820 g/mol. The number of ether oxygens (including phenoxy) is 1. The van der Waals surface area contributed by atoms with Crippen molar-refractivity contribution < 1.29 is 23.9 Å². The van der Waals surface area contributed by atoms with Crippen LogP contribution >= 0.6 is 0 Å². The zero-order chi connectivity index (χ0) is 94.6. The SMILES string of the molecule is CN(C)Cc1cccc(NC(=O)c2n[nH]c3ccc(-c4cncc(CN(C)C)c4)cc23)c1.CN(C)Cc1cncc(-c2ccc3[nH]nc(C(=O)Nc4cccc(CN5CCCC5)c4)c3c2)c1.CN(C)Cc1cncc(-c2ccc3[nH]nc(C(=O)Nc4cccc(CN5CCCCC5)c4)c3c2)c1.CN(C)Cc1cncc(-c2ccc3[nH]nc(C(=O)Nc4cccc(CN5CCOCC5)c4)c3c2)c1. The number of likely N-dealkylation sites (tertiary alicyclic amines) is 2. The highest BCUT2D eigenvalue weighted by molar-refractivity contribution is 6.15. The number of nitrogens with zero attached hydrogens (tertiary/aromatic N) is 16. The van der Waals surface area contributed by atoms with E-state index in [-0.39, 0.29) is 23.6 Å². The number of amides is 4. The van der Waals surface area contributed by atoms with Gasteiger partial charge in [-0.25, -0.2) is 0 Å². The van der Waals surface area contributed by atoms with Crippen LogP contribution in [0.3, 0.4) is 0 Å². The van der Waals surface area contributed by atoms with Gasteiger partial charge in [0, 0.05) is 182 Å². The molecule has 0 atom stereocenters. The Balaban J connectivity index is 0.000000132. The van der Waals surface area contributed by atoms with Crippen molar-refractivity contribution in [2.24, 2.45) is 0 Å². The van der Waals surface area contributed by atoms with E-state index >= 15 is 0 Å². The molecule has 29 nitrogen and oxygen atoms in total. The predicted molar refractivity (Wildman–Crippen MR) is 542 cm³/mol. The van der Waals surface area contributed by atoms with Crippen LogP contribution in [0, 0.1) is 0 Å². The van der Waals surface area contributed by atoms with Gasteiger partial charge in [-0.3, -0.25) is 74.2 Å². The summed E-state index contributed by atoms with van der Waals surface area (Å²) in [5.41, 5.74) is 25.2. The van der Waals surface area contributed by atoms with Gasteiger partial charge in [0.1, 0.15) is 0 Å². The number of nitrogens with one attached hydrogen (secondary N) is 8. The minimum atomic E-state index is -0.241. The topological polar surface area (TPSA) is 318 Å². The number of benzene rings is 8. The Morgan fingerprint density at radius 3 is 0.809 bits per heavy atom.